The molecule has 1 heterocycles. The molecule has 0 atom stereocenters. The molecule has 0 saturated carbocycles. The van der Waals surface area contributed by atoms with E-state index in [1.807, 2.05) is 70.2 Å². The van der Waals surface area contributed by atoms with Gasteiger partial charge < -0.3 is 10.6 Å². The summed E-state index contributed by atoms with van der Waals surface area (Å²) in [7, 11) is 0. The van der Waals surface area contributed by atoms with E-state index in [4.69, 9.17) is 0 Å². The highest BCUT2D eigenvalue weighted by atomic mass is 32.1. The minimum absolute atomic E-state index is 0.0630. The Morgan fingerprint density at radius 3 is 2.39 bits per heavy atom. The minimum atomic E-state index is -0.201. The second-order valence-electron chi connectivity index (χ2n) is 6.93. The molecular weight excluding hydrogens is 370 g/mol. The van der Waals surface area contributed by atoms with Crippen molar-refractivity contribution < 1.29 is 9.59 Å². The van der Waals surface area contributed by atoms with Crippen molar-refractivity contribution >= 4 is 34.5 Å². The molecule has 6 heteroatoms. The van der Waals surface area contributed by atoms with Crippen molar-refractivity contribution in [3.05, 3.63) is 64.7 Å². The molecule has 2 amide bonds. The van der Waals surface area contributed by atoms with Crippen LogP contribution in [-0.4, -0.2) is 16.8 Å². The van der Waals surface area contributed by atoms with Crippen LogP contribution in [0.4, 0.5) is 11.4 Å². The number of aromatic nitrogens is 1. The van der Waals surface area contributed by atoms with E-state index in [0.717, 1.165) is 16.1 Å². The Morgan fingerprint density at radius 2 is 1.71 bits per heavy atom. The van der Waals surface area contributed by atoms with Gasteiger partial charge in [0.1, 0.15) is 9.88 Å². The maximum Gasteiger partial charge on any atom is 0.267 e. The first-order chi connectivity index (χ1) is 13.3. The van der Waals surface area contributed by atoms with Crippen LogP contribution in [0.1, 0.15) is 34.8 Å². The number of hydrogen-bond acceptors (Lipinski definition) is 4. The van der Waals surface area contributed by atoms with Gasteiger partial charge in [-0.25, -0.2) is 4.98 Å². The zero-order valence-corrected chi connectivity index (χ0v) is 17.2. The second-order valence-corrected chi connectivity index (χ2v) is 7.93. The highest BCUT2D eigenvalue weighted by Crippen LogP contribution is 2.29. The van der Waals surface area contributed by atoms with Gasteiger partial charge in [0, 0.05) is 22.9 Å². The Morgan fingerprint density at radius 1 is 1.00 bits per heavy atom. The molecule has 1 aromatic heterocycles. The number of benzene rings is 2. The molecule has 0 aliphatic rings. The Kier molecular flexibility index (Phi) is 5.90. The zero-order valence-electron chi connectivity index (χ0n) is 16.4. The van der Waals surface area contributed by atoms with Gasteiger partial charge in [-0.05, 0) is 31.5 Å². The molecule has 3 rings (SSSR count). The molecule has 2 aromatic carbocycles. The molecule has 0 fully saturated rings. The highest BCUT2D eigenvalue weighted by Gasteiger charge is 2.17. The van der Waals surface area contributed by atoms with E-state index in [1.54, 1.807) is 6.07 Å². The Bertz CT molecular complexity index is 1010. The standard InChI is InChI=1S/C22H23N3O2S/c1-13(2)20(26)24-17-11-10-14(3)18(12-17)25-21(27)19-15(4)23-22(28-19)16-8-6-5-7-9-16/h5-13H,1-4H3,(H,24,26)(H,25,27). The van der Waals surface area contributed by atoms with Crippen LogP contribution in [0.3, 0.4) is 0 Å². The lowest BCUT2D eigenvalue weighted by atomic mass is 10.1. The summed E-state index contributed by atoms with van der Waals surface area (Å²) in [6, 6.07) is 15.3. The third-order valence-corrected chi connectivity index (χ3v) is 5.51. The zero-order chi connectivity index (χ0) is 20.3. The Balaban J connectivity index is 1.81. The Hall–Kier alpha value is -2.99. The van der Waals surface area contributed by atoms with Crippen LogP contribution in [0.2, 0.25) is 0 Å². The van der Waals surface area contributed by atoms with E-state index >= 15 is 0 Å². The van der Waals surface area contributed by atoms with Gasteiger partial charge in [-0.2, -0.15) is 0 Å². The van der Waals surface area contributed by atoms with E-state index in [1.165, 1.54) is 11.3 Å². The molecule has 2 N–H and O–H groups in total. The summed E-state index contributed by atoms with van der Waals surface area (Å²) in [6.45, 7) is 7.43. The molecule has 0 unspecified atom stereocenters. The molecule has 0 aliphatic carbocycles. The number of anilines is 2. The van der Waals surface area contributed by atoms with Crippen LogP contribution in [0.25, 0.3) is 10.6 Å². The molecule has 28 heavy (non-hydrogen) atoms. The highest BCUT2D eigenvalue weighted by molar-refractivity contribution is 7.17. The number of aryl methyl sites for hydroxylation is 2. The van der Waals surface area contributed by atoms with Crippen LogP contribution in [0, 0.1) is 19.8 Å². The van der Waals surface area contributed by atoms with Gasteiger partial charge in [-0.3, -0.25) is 9.59 Å². The van der Waals surface area contributed by atoms with E-state index in [-0.39, 0.29) is 17.7 Å². The average molecular weight is 394 g/mol. The van der Waals surface area contributed by atoms with Gasteiger partial charge in [0.25, 0.3) is 5.91 Å². The average Bonchev–Trinajstić information content (AvgIpc) is 3.07. The van der Waals surface area contributed by atoms with E-state index in [0.29, 0.717) is 21.9 Å². The molecule has 0 saturated heterocycles. The number of nitrogens with zero attached hydrogens (tertiary/aromatic N) is 1. The molecule has 144 valence electrons. The number of thiazole rings is 1. The van der Waals surface area contributed by atoms with E-state index in [9.17, 15) is 9.59 Å². The molecule has 0 radical (unpaired) electrons. The summed E-state index contributed by atoms with van der Waals surface area (Å²) in [4.78, 5) is 29.9. The summed E-state index contributed by atoms with van der Waals surface area (Å²) < 4.78 is 0. The second kappa shape index (κ2) is 8.35. The molecular formula is C22H23N3O2S. The van der Waals surface area contributed by atoms with E-state index in [2.05, 4.69) is 15.6 Å². The summed E-state index contributed by atoms with van der Waals surface area (Å²) in [5.74, 6) is -0.379. The summed E-state index contributed by atoms with van der Waals surface area (Å²) in [5, 5.41) is 6.63. The number of rotatable bonds is 5. The first kappa shape index (κ1) is 19.8. The fourth-order valence-corrected chi connectivity index (χ4v) is 3.58. The van der Waals surface area contributed by atoms with Gasteiger partial charge in [0.2, 0.25) is 5.91 Å². The SMILES string of the molecule is Cc1ccc(NC(=O)C(C)C)cc1NC(=O)c1sc(-c2ccccc2)nc1C. The van der Waals surface area contributed by atoms with E-state index < -0.39 is 0 Å². The quantitative estimate of drug-likeness (QED) is 0.620. The summed E-state index contributed by atoms with van der Waals surface area (Å²) in [6.07, 6.45) is 0. The minimum Gasteiger partial charge on any atom is -0.326 e. The topological polar surface area (TPSA) is 71.1 Å². The van der Waals surface area contributed by atoms with Crippen molar-refractivity contribution in [2.45, 2.75) is 27.7 Å². The van der Waals surface area contributed by atoms with Crippen LogP contribution >= 0.6 is 11.3 Å². The lowest BCUT2D eigenvalue weighted by Crippen LogP contribution is -2.18. The third kappa shape index (κ3) is 4.46. The molecule has 3 aromatic rings. The van der Waals surface area contributed by atoms with Gasteiger partial charge >= 0.3 is 0 Å². The number of nitrogens with one attached hydrogen (secondary N) is 2. The number of amides is 2. The van der Waals surface area contributed by atoms with Crippen LogP contribution < -0.4 is 10.6 Å². The number of hydrogen-bond donors (Lipinski definition) is 2. The maximum absolute atomic E-state index is 12.8. The van der Waals surface area contributed by atoms with Gasteiger partial charge in [0.05, 0.1) is 5.69 Å². The van der Waals surface area contributed by atoms with Crippen LogP contribution in [-0.2, 0) is 4.79 Å². The van der Waals surface area contributed by atoms with Gasteiger partial charge in [0.15, 0.2) is 0 Å². The predicted molar refractivity (Wildman–Crippen MR) is 115 cm³/mol. The fourth-order valence-electron chi connectivity index (χ4n) is 2.61. The number of carbonyl (C=O) groups excluding carboxylic acids is 2. The van der Waals surface area contributed by atoms with Gasteiger partial charge in [-0.15, -0.1) is 11.3 Å². The largest absolute Gasteiger partial charge is 0.326 e. The third-order valence-electron chi connectivity index (χ3n) is 4.30. The van der Waals surface area contributed by atoms with Crippen molar-refractivity contribution in [1.82, 2.24) is 4.98 Å². The van der Waals surface area contributed by atoms with Crippen LogP contribution in [0.5, 0.6) is 0 Å². The van der Waals surface area contributed by atoms with Crippen molar-refractivity contribution in [3.8, 4) is 10.6 Å². The first-order valence-electron chi connectivity index (χ1n) is 9.11. The summed E-state index contributed by atoms with van der Waals surface area (Å²) in [5.41, 5.74) is 3.93. The molecule has 0 bridgehead atoms. The van der Waals surface area contributed by atoms with Crippen molar-refractivity contribution in [2.75, 3.05) is 10.6 Å². The van der Waals surface area contributed by atoms with Gasteiger partial charge in [-0.1, -0.05) is 50.2 Å². The lowest BCUT2D eigenvalue weighted by Gasteiger charge is -2.12. The summed E-state index contributed by atoms with van der Waals surface area (Å²) >= 11 is 1.37. The Labute approximate surface area is 168 Å². The van der Waals surface area contributed by atoms with Crippen molar-refractivity contribution in [1.29, 1.82) is 0 Å². The number of carbonyl (C=O) groups is 2. The predicted octanol–water partition coefficient (Wildman–Crippen LogP) is 5.27. The monoisotopic (exact) mass is 393 g/mol. The van der Waals surface area contributed by atoms with Crippen LogP contribution in [0.15, 0.2) is 48.5 Å². The molecule has 0 spiro atoms. The van der Waals surface area contributed by atoms with Crippen molar-refractivity contribution in [3.63, 3.8) is 0 Å². The molecule has 0 aliphatic heterocycles. The molecule has 5 nitrogen and oxygen atoms in total. The van der Waals surface area contributed by atoms with Crippen molar-refractivity contribution in [2.24, 2.45) is 5.92 Å². The lowest BCUT2D eigenvalue weighted by molar-refractivity contribution is -0.118. The first-order valence-corrected chi connectivity index (χ1v) is 9.92. The maximum atomic E-state index is 12.8. The fraction of sp³-hybridized carbons (Fsp3) is 0.227. The smallest absolute Gasteiger partial charge is 0.267 e. The normalized spacial score (nSPS) is 10.8.